The van der Waals surface area contributed by atoms with Crippen molar-refractivity contribution >= 4 is 29.1 Å². The molecule has 0 aliphatic heterocycles. The van der Waals surface area contributed by atoms with Gasteiger partial charge in [-0.05, 0) is 52.9 Å². The van der Waals surface area contributed by atoms with E-state index in [1.165, 1.54) is 0 Å². The molecule has 5 nitrogen and oxygen atoms in total. The molecule has 0 aliphatic carbocycles. The van der Waals surface area contributed by atoms with Crippen molar-refractivity contribution in [2.24, 2.45) is 0 Å². The van der Waals surface area contributed by atoms with E-state index < -0.39 is 6.04 Å². The van der Waals surface area contributed by atoms with E-state index in [1.54, 1.807) is 43.1 Å². The van der Waals surface area contributed by atoms with Crippen LogP contribution in [0, 0.1) is 0 Å². The van der Waals surface area contributed by atoms with Crippen LogP contribution in [0.25, 0.3) is 0 Å². The number of carbonyl (C=O) groups is 2. The summed E-state index contributed by atoms with van der Waals surface area (Å²) in [4.78, 5) is 25.8. The predicted octanol–water partition coefficient (Wildman–Crippen LogP) is 2.51. The minimum atomic E-state index is -0.440. The summed E-state index contributed by atoms with van der Waals surface area (Å²) in [7, 11) is 1.74. The van der Waals surface area contributed by atoms with Crippen LogP contribution < -0.4 is 10.6 Å². The number of rotatable bonds is 5. The zero-order chi connectivity index (χ0) is 16.9. The molecule has 1 atom stereocenters. The number of likely N-dealkylation sites (N-methyl/N-ethyl adjacent to an activating group) is 1. The van der Waals surface area contributed by atoms with Gasteiger partial charge in [0.1, 0.15) is 0 Å². The van der Waals surface area contributed by atoms with Crippen molar-refractivity contribution in [3.8, 4) is 0 Å². The molecule has 0 aromatic heterocycles. The number of nitrogens with one attached hydrogen (secondary N) is 2. The molecule has 0 heterocycles. The van der Waals surface area contributed by atoms with Gasteiger partial charge in [-0.1, -0.05) is 17.7 Å². The van der Waals surface area contributed by atoms with Crippen LogP contribution in [0.3, 0.4) is 0 Å². The van der Waals surface area contributed by atoms with E-state index in [0.29, 0.717) is 10.7 Å². The Morgan fingerprint density at radius 1 is 1.32 bits per heavy atom. The summed E-state index contributed by atoms with van der Waals surface area (Å²) in [5.74, 6) is -0.300. The summed E-state index contributed by atoms with van der Waals surface area (Å²) in [6, 6.07) is 6.51. The number of anilines is 1. The van der Waals surface area contributed by atoms with Crippen LogP contribution in [0.5, 0.6) is 0 Å². The lowest BCUT2D eigenvalue weighted by molar-refractivity contribution is -0.125. The molecule has 1 rings (SSSR count). The number of hydrogen-bond acceptors (Lipinski definition) is 3. The van der Waals surface area contributed by atoms with Crippen LogP contribution >= 0.6 is 11.6 Å². The average molecular weight is 326 g/mol. The van der Waals surface area contributed by atoms with Gasteiger partial charge in [0.05, 0.1) is 12.6 Å². The minimum Gasteiger partial charge on any atom is -0.350 e. The standard InChI is InChI=1S/C16H24ClN3O2/c1-11(20(5)10-14(21)19-16(2,3)4)15(22)18-13-8-6-7-12(17)9-13/h6-9,11H,10H2,1-5H3,(H,18,22)(H,19,21)/t11-/m0/s1. The van der Waals surface area contributed by atoms with Crippen molar-refractivity contribution in [2.45, 2.75) is 39.3 Å². The topological polar surface area (TPSA) is 61.4 Å². The Hall–Kier alpha value is -1.59. The van der Waals surface area contributed by atoms with Gasteiger partial charge in [0, 0.05) is 16.2 Å². The molecule has 1 aromatic carbocycles. The lowest BCUT2D eigenvalue weighted by Crippen LogP contribution is -2.49. The van der Waals surface area contributed by atoms with E-state index in [0.717, 1.165) is 0 Å². The highest BCUT2D eigenvalue weighted by molar-refractivity contribution is 6.30. The summed E-state index contributed by atoms with van der Waals surface area (Å²) >= 11 is 5.89. The maximum absolute atomic E-state index is 12.2. The number of hydrogen-bond donors (Lipinski definition) is 2. The first kappa shape index (κ1) is 18.5. The van der Waals surface area contributed by atoms with Crippen LogP contribution in [-0.2, 0) is 9.59 Å². The molecular formula is C16H24ClN3O2. The quantitative estimate of drug-likeness (QED) is 0.874. The minimum absolute atomic E-state index is 0.114. The predicted molar refractivity (Wildman–Crippen MR) is 90.1 cm³/mol. The molecule has 1 aromatic rings. The first-order chi connectivity index (χ1) is 10.1. The fourth-order valence-electron chi connectivity index (χ4n) is 1.83. The van der Waals surface area contributed by atoms with Crippen molar-refractivity contribution in [2.75, 3.05) is 18.9 Å². The zero-order valence-electron chi connectivity index (χ0n) is 13.7. The van der Waals surface area contributed by atoms with E-state index in [9.17, 15) is 9.59 Å². The first-order valence-electron chi connectivity index (χ1n) is 7.16. The summed E-state index contributed by atoms with van der Waals surface area (Å²) in [6.45, 7) is 7.66. The molecule has 0 aliphatic rings. The fourth-order valence-corrected chi connectivity index (χ4v) is 2.02. The van der Waals surface area contributed by atoms with Crippen molar-refractivity contribution < 1.29 is 9.59 Å². The van der Waals surface area contributed by atoms with Gasteiger partial charge in [0.15, 0.2) is 0 Å². The summed E-state index contributed by atoms with van der Waals surface area (Å²) in [5, 5.41) is 6.22. The van der Waals surface area contributed by atoms with Crippen molar-refractivity contribution in [1.29, 1.82) is 0 Å². The van der Waals surface area contributed by atoms with Crippen LogP contribution in [0.4, 0.5) is 5.69 Å². The maximum atomic E-state index is 12.2. The maximum Gasteiger partial charge on any atom is 0.241 e. The van der Waals surface area contributed by atoms with Crippen molar-refractivity contribution in [3.05, 3.63) is 29.3 Å². The Morgan fingerprint density at radius 3 is 2.50 bits per heavy atom. The number of nitrogens with zero attached hydrogens (tertiary/aromatic N) is 1. The number of benzene rings is 1. The second kappa shape index (κ2) is 7.61. The van der Waals surface area contributed by atoms with E-state index in [-0.39, 0.29) is 23.9 Å². The normalized spacial score (nSPS) is 12.9. The third kappa shape index (κ3) is 6.45. The molecule has 122 valence electrons. The SMILES string of the molecule is C[C@@H](C(=O)Nc1cccc(Cl)c1)N(C)CC(=O)NC(C)(C)C. The van der Waals surface area contributed by atoms with Crippen LogP contribution in [0.15, 0.2) is 24.3 Å². The molecule has 0 bridgehead atoms. The number of amides is 2. The molecule has 6 heteroatoms. The molecule has 22 heavy (non-hydrogen) atoms. The van der Waals surface area contributed by atoms with Gasteiger partial charge in [-0.25, -0.2) is 0 Å². The molecule has 0 spiro atoms. The molecule has 0 saturated heterocycles. The average Bonchev–Trinajstić information content (AvgIpc) is 2.35. The second-order valence-electron chi connectivity index (χ2n) is 6.39. The number of halogens is 1. The largest absolute Gasteiger partial charge is 0.350 e. The highest BCUT2D eigenvalue weighted by Crippen LogP contribution is 2.15. The highest BCUT2D eigenvalue weighted by Gasteiger charge is 2.22. The molecule has 0 radical (unpaired) electrons. The van der Waals surface area contributed by atoms with Gasteiger partial charge in [-0.3, -0.25) is 14.5 Å². The van der Waals surface area contributed by atoms with Gasteiger partial charge in [-0.15, -0.1) is 0 Å². The van der Waals surface area contributed by atoms with Crippen LogP contribution in [-0.4, -0.2) is 41.9 Å². The Balaban J connectivity index is 2.57. The van der Waals surface area contributed by atoms with Gasteiger partial charge in [0.2, 0.25) is 11.8 Å². The van der Waals surface area contributed by atoms with Gasteiger partial charge in [-0.2, -0.15) is 0 Å². The molecule has 0 fully saturated rings. The van der Waals surface area contributed by atoms with Crippen LogP contribution in [0.2, 0.25) is 5.02 Å². The van der Waals surface area contributed by atoms with Gasteiger partial charge < -0.3 is 10.6 Å². The van der Waals surface area contributed by atoms with Gasteiger partial charge in [0.25, 0.3) is 0 Å². The lowest BCUT2D eigenvalue weighted by atomic mass is 10.1. The monoisotopic (exact) mass is 325 g/mol. The Morgan fingerprint density at radius 2 is 1.95 bits per heavy atom. The fraction of sp³-hybridized carbons (Fsp3) is 0.500. The summed E-state index contributed by atoms with van der Waals surface area (Å²) < 4.78 is 0. The second-order valence-corrected chi connectivity index (χ2v) is 6.83. The highest BCUT2D eigenvalue weighted by atomic mass is 35.5. The Labute approximate surface area is 137 Å². The van der Waals surface area contributed by atoms with E-state index >= 15 is 0 Å². The van der Waals surface area contributed by atoms with E-state index in [4.69, 9.17) is 11.6 Å². The Bertz CT molecular complexity index is 540. The molecule has 0 saturated carbocycles. The zero-order valence-corrected chi connectivity index (χ0v) is 14.5. The molecule has 0 unspecified atom stereocenters. The number of carbonyl (C=O) groups excluding carboxylic acids is 2. The lowest BCUT2D eigenvalue weighted by Gasteiger charge is -2.26. The van der Waals surface area contributed by atoms with E-state index in [2.05, 4.69) is 10.6 Å². The first-order valence-corrected chi connectivity index (χ1v) is 7.54. The molecule has 2 amide bonds. The van der Waals surface area contributed by atoms with Crippen molar-refractivity contribution in [1.82, 2.24) is 10.2 Å². The summed E-state index contributed by atoms with van der Waals surface area (Å²) in [5.41, 5.74) is 0.349. The van der Waals surface area contributed by atoms with E-state index in [1.807, 2.05) is 20.8 Å². The van der Waals surface area contributed by atoms with Crippen LogP contribution in [0.1, 0.15) is 27.7 Å². The summed E-state index contributed by atoms with van der Waals surface area (Å²) in [6.07, 6.45) is 0. The van der Waals surface area contributed by atoms with Crippen molar-refractivity contribution in [3.63, 3.8) is 0 Å². The molecular weight excluding hydrogens is 302 g/mol. The third-order valence-corrected chi connectivity index (χ3v) is 3.28. The molecule has 2 N–H and O–H groups in total. The third-order valence-electron chi connectivity index (χ3n) is 3.04. The smallest absolute Gasteiger partial charge is 0.241 e. The Kier molecular flexibility index (Phi) is 6.38. The van der Waals surface area contributed by atoms with Gasteiger partial charge >= 0.3 is 0 Å².